The van der Waals surface area contributed by atoms with Crippen LogP contribution in [-0.4, -0.2) is 16.6 Å². The number of rotatable bonds is 1. The monoisotopic (exact) mass is 176 g/mol. The molecule has 60 valence electrons. The molecule has 3 heteroatoms. The lowest BCUT2D eigenvalue weighted by atomic mass is 10.3. The highest BCUT2D eigenvalue weighted by Gasteiger charge is 1.94. The van der Waals surface area contributed by atoms with Crippen LogP contribution >= 0.6 is 8.58 Å². The molecule has 1 aromatic carbocycles. The van der Waals surface area contributed by atoms with Gasteiger partial charge in [0, 0.05) is 12.4 Å². The molecule has 0 N–H and O–H groups in total. The molecule has 0 aliphatic heterocycles. The number of benzene rings is 1. The second-order valence-corrected chi connectivity index (χ2v) is 3.59. The van der Waals surface area contributed by atoms with Gasteiger partial charge >= 0.3 is 0 Å². The first-order chi connectivity index (χ1) is 5.90. The lowest BCUT2D eigenvalue weighted by molar-refractivity contribution is 1.30. The standard InChI is InChI=1S/C9H9N2P/c1-12-7-2-3-8-9(6-7)11-5-4-10-8/h2-6,12H,1H3. The molecule has 0 fully saturated rings. The molecular formula is C9H9N2P. The molecule has 12 heavy (non-hydrogen) atoms. The highest BCUT2D eigenvalue weighted by atomic mass is 31.1. The third-order valence-electron chi connectivity index (χ3n) is 1.76. The Morgan fingerprint density at radius 2 is 1.83 bits per heavy atom. The van der Waals surface area contributed by atoms with Crippen LogP contribution in [0.15, 0.2) is 30.6 Å². The molecule has 1 aromatic heterocycles. The third-order valence-corrected chi connectivity index (χ3v) is 2.65. The highest BCUT2D eigenvalue weighted by Crippen LogP contribution is 2.10. The van der Waals surface area contributed by atoms with Gasteiger partial charge in [-0.1, -0.05) is 14.6 Å². The predicted octanol–water partition coefficient (Wildman–Crippen LogP) is 1.56. The Bertz CT molecular complexity index is 400. The molecule has 1 unspecified atom stereocenters. The fraction of sp³-hybridized carbons (Fsp3) is 0.111. The van der Waals surface area contributed by atoms with Crippen LogP contribution in [0.4, 0.5) is 0 Å². The summed E-state index contributed by atoms with van der Waals surface area (Å²) in [4.78, 5) is 8.43. The van der Waals surface area contributed by atoms with E-state index in [1.807, 2.05) is 6.07 Å². The predicted molar refractivity (Wildman–Crippen MR) is 53.4 cm³/mol. The Labute approximate surface area is 72.8 Å². The molecule has 0 saturated heterocycles. The normalized spacial score (nSPS) is 11.4. The number of aromatic nitrogens is 2. The number of fused-ring (bicyclic) bond motifs is 1. The summed E-state index contributed by atoms with van der Waals surface area (Å²) in [6.07, 6.45) is 3.45. The van der Waals surface area contributed by atoms with Gasteiger partial charge in [-0.25, -0.2) is 0 Å². The van der Waals surface area contributed by atoms with E-state index in [0.717, 1.165) is 19.6 Å². The van der Waals surface area contributed by atoms with Gasteiger partial charge in [-0.3, -0.25) is 9.97 Å². The Morgan fingerprint density at radius 1 is 1.08 bits per heavy atom. The van der Waals surface area contributed by atoms with Gasteiger partial charge in [-0.05, 0) is 24.1 Å². The van der Waals surface area contributed by atoms with Gasteiger partial charge in [0.25, 0.3) is 0 Å². The van der Waals surface area contributed by atoms with Gasteiger partial charge in [-0.15, -0.1) is 0 Å². The minimum Gasteiger partial charge on any atom is -0.253 e. The van der Waals surface area contributed by atoms with Crippen LogP contribution in [0, 0.1) is 0 Å². The van der Waals surface area contributed by atoms with Crippen LogP contribution in [0.1, 0.15) is 0 Å². The summed E-state index contributed by atoms with van der Waals surface area (Å²) < 4.78 is 0. The van der Waals surface area contributed by atoms with E-state index in [9.17, 15) is 0 Å². The maximum absolute atomic E-state index is 4.23. The molecule has 1 heterocycles. The number of nitrogens with zero attached hydrogens (tertiary/aromatic N) is 2. The zero-order valence-corrected chi connectivity index (χ0v) is 7.78. The Morgan fingerprint density at radius 3 is 2.58 bits per heavy atom. The van der Waals surface area contributed by atoms with Crippen molar-refractivity contribution in [3.05, 3.63) is 30.6 Å². The van der Waals surface area contributed by atoms with Crippen LogP contribution in [0.2, 0.25) is 0 Å². The van der Waals surface area contributed by atoms with Crippen molar-refractivity contribution < 1.29 is 0 Å². The molecule has 0 spiro atoms. The molecule has 1 atom stereocenters. The summed E-state index contributed by atoms with van der Waals surface area (Å²) >= 11 is 0. The van der Waals surface area contributed by atoms with Crippen molar-refractivity contribution in [1.29, 1.82) is 0 Å². The summed E-state index contributed by atoms with van der Waals surface area (Å²) in [6, 6.07) is 6.23. The summed E-state index contributed by atoms with van der Waals surface area (Å²) in [7, 11) is 0.826. The zero-order valence-electron chi connectivity index (χ0n) is 6.78. The second-order valence-electron chi connectivity index (χ2n) is 2.51. The lowest BCUT2D eigenvalue weighted by Crippen LogP contribution is -1.93. The van der Waals surface area contributed by atoms with Crippen molar-refractivity contribution in [2.45, 2.75) is 0 Å². The van der Waals surface area contributed by atoms with E-state index in [1.165, 1.54) is 5.30 Å². The summed E-state index contributed by atoms with van der Waals surface area (Å²) in [5.74, 6) is 0. The van der Waals surface area contributed by atoms with Crippen molar-refractivity contribution >= 4 is 24.9 Å². The minimum absolute atomic E-state index is 0.826. The highest BCUT2D eigenvalue weighted by molar-refractivity contribution is 7.46. The molecule has 0 radical (unpaired) electrons. The largest absolute Gasteiger partial charge is 0.253 e. The molecule has 0 aliphatic carbocycles. The lowest BCUT2D eigenvalue weighted by Gasteiger charge is -1.97. The molecule has 2 aromatic rings. The van der Waals surface area contributed by atoms with Gasteiger partial charge in [0.1, 0.15) is 0 Å². The Balaban J connectivity index is 2.67. The smallest absolute Gasteiger partial charge is 0.0893 e. The van der Waals surface area contributed by atoms with Crippen LogP contribution in [0.3, 0.4) is 0 Å². The van der Waals surface area contributed by atoms with Gasteiger partial charge in [0.2, 0.25) is 0 Å². The fourth-order valence-corrected chi connectivity index (χ4v) is 1.65. The van der Waals surface area contributed by atoms with E-state index in [2.05, 4.69) is 28.8 Å². The first kappa shape index (κ1) is 7.63. The quantitative estimate of drug-likeness (QED) is 0.616. The van der Waals surface area contributed by atoms with Gasteiger partial charge in [0.15, 0.2) is 0 Å². The molecule has 2 rings (SSSR count). The van der Waals surface area contributed by atoms with Crippen molar-refractivity contribution in [1.82, 2.24) is 9.97 Å². The molecule has 0 saturated carbocycles. The first-order valence-corrected chi connectivity index (χ1v) is 5.28. The molecule has 0 aliphatic rings. The average Bonchev–Trinajstić information content (AvgIpc) is 2.17. The van der Waals surface area contributed by atoms with E-state index in [-0.39, 0.29) is 0 Å². The maximum Gasteiger partial charge on any atom is 0.0893 e. The minimum atomic E-state index is 0.826. The van der Waals surface area contributed by atoms with Gasteiger partial charge in [-0.2, -0.15) is 0 Å². The van der Waals surface area contributed by atoms with Crippen molar-refractivity contribution in [3.63, 3.8) is 0 Å². The van der Waals surface area contributed by atoms with Crippen LogP contribution in [0.5, 0.6) is 0 Å². The number of hydrogen-bond donors (Lipinski definition) is 0. The van der Waals surface area contributed by atoms with E-state index >= 15 is 0 Å². The van der Waals surface area contributed by atoms with E-state index in [4.69, 9.17) is 0 Å². The molecule has 2 nitrogen and oxygen atoms in total. The second kappa shape index (κ2) is 3.16. The number of hydrogen-bond acceptors (Lipinski definition) is 2. The summed E-state index contributed by atoms with van der Waals surface area (Å²) in [6.45, 7) is 2.16. The Hall–Kier alpha value is -1.01. The van der Waals surface area contributed by atoms with Crippen LogP contribution < -0.4 is 5.30 Å². The molecule has 0 bridgehead atoms. The van der Waals surface area contributed by atoms with Crippen LogP contribution in [-0.2, 0) is 0 Å². The third kappa shape index (κ3) is 1.30. The SMILES string of the molecule is CPc1ccc2nccnc2c1. The van der Waals surface area contributed by atoms with Crippen molar-refractivity contribution in [3.8, 4) is 0 Å². The van der Waals surface area contributed by atoms with Gasteiger partial charge < -0.3 is 0 Å². The van der Waals surface area contributed by atoms with Crippen molar-refractivity contribution in [2.24, 2.45) is 0 Å². The van der Waals surface area contributed by atoms with E-state index in [1.54, 1.807) is 12.4 Å². The average molecular weight is 176 g/mol. The molecular weight excluding hydrogens is 167 g/mol. The summed E-state index contributed by atoms with van der Waals surface area (Å²) in [5, 5.41) is 1.34. The molecule has 0 amide bonds. The first-order valence-electron chi connectivity index (χ1n) is 3.78. The van der Waals surface area contributed by atoms with Crippen LogP contribution in [0.25, 0.3) is 11.0 Å². The topological polar surface area (TPSA) is 25.8 Å². The van der Waals surface area contributed by atoms with E-state index in [0.29, 0.717) is 0 Å². The Kier molecular flexibility index (Phi) is 2.01. The summed E-state index contributed by atoms with van der Waals surface area (Å²) in [5.41, 5.74) is 1.96. The zero-order chi connectivity index (χ0) is 8.39. The fourth-order valence-electron chi connectivity index (χ4n) is 1.12. The maximum atomic E-state index is 4.23. The van der Waals surface area contributed by atoms with Gasteiger partial charge in [0.05, 0.1) is 11.0 Å². The van der Waals surface area contributed by atoms with E-state index < -0.39 is 0 Å². The van der Waals surface area contributed by atoms with Crippen molar-refractivity contribution in [2.75, 3.05) is 6.66 Å².